The molecule has 0 bridgehead atoms. The second-order valence-corrected chi connectivity index (χ2v) is 5.50. The summed E-state index contributed by atoms with van der Waals surface area (Å²) in [5, 5.41) is 0. The molecule has 2 heteroatoms. The van der Waals surface area contributed by atoms with Gasteiger partial charge in [0.1, 0.15) is 0 Å². The Bertz CT molecular complexity index is 548. The quantitative estimate of drug-likeness (QED) is 0.586. The molecule has 1 aromatic carbocycles. The van der Waals surface area contributed by atoms with Crippen molar-refractivity contribution in [2.24, 2.45) is 5.41 Å². The summed E-state index contributed by atoms with van der Waals surface area (Å²) in [5.41, 5.74) is 4.28. The Morgan fingerprint density at radius 1 is 1.15 bits per heavy atom. The van der Waals surface area contributed by atoms with Crippen LogP contribution in [0.2, 0.25) is 0 Å². The molecule has 2 aliphatic carbocycles. The molecule has 2 aliphatic rings. The van der Waals surface area contributed by atoms with E-state index in [9.17, 15) is 4.79 Å². The van der Waals surface area contributed by atoms with E-state index in [0.717, 1.165) is 24.0 Å². The minimum atomic E-state index is 0. The van der Waals surface area contributed by atoms with Crippen molar-refractivity contribution >= 4 is 11.9 Å². The molecule has 0 N–H and O–H groups in total. The van der Waals surface area contributed by atoms with Gasteiger partial charge in [0.25, 0.3) is 0 Å². The van der Waals surface area contributed by atoms with Crippen molar-refractivity contribution in [3.05, 3.63) is 60.0 Å². The molecular weight excluding hydrogens is 335 g/mol. The summed E-state index contributed by atoms with van der Waals surface area (Å²) in [4.78, 5) is 11.4. The van der Waals surface area contributed by atoms with Gasteiger partial charge in [0.2, 0.25) is 0 Å². The number of hydrogen-bond donors (Lipinski definition) is 0. The molecule has 1 aromatic rings. The monoisotopic (exact) mass is 353 g/mol. The Labute approximate surface area is 133 Å². The average molecular weight is 353 g/mol. The van der Waals surface area contributed by atoms with E-state index in [0.29, 0.717) is 6.42 Å². The van der Waals surface area contributed by atoms with Crippen LogP contribution < -0.4 is 0 Å². The number of rotatable bonds is 3. The van der Waals surface area contributed by atoms with E-state index < -0.39 is 0 Å². The van der Waals surface area contributed by atoms with Crippen LogP contribution in [-0.4, -0.2) is 6.29 Å². The van der Waals surface area contributed by atoms with E-state index in [1.165, 1.54) is 24.0 Å². The van der Waals surface area contributed by atoms with E-state index in [2.05, 4.69) is 31.4 Å². The fourth-order valence-electron chi connectivity index (χ4n) is 3.64. The summed E-state index contributed by atoms with van der Waals surface area (Å²) in [5.74, 6) is 0. The standard InChI is InChI=1S/C18H18O.Rh/c1-2-14-12-18(10-6-7-11-18)17(16(14)13-19)15-8-4-3-5-9-15;/h3-5,8-9,12H,1-2,6-7,10-11H2;/q-2;+2. The van der Waals surface area contributed by atoms with Crippen molar-refractivity contribution in [1.82, 2.24) is 0 Å². The molecule has 0 aliphatic heterocycles. The van der Waals surface area contributed by atoms with Crippen LogP contribution in [0, 0.1) is 12.3 Å². The van der Waals surface area contributed by atoms with E-state index >= 15 is 0 Å². The minimum absolute atomic E-state index is 0. The average Bonchev–Trinajstić information content (AvgIpc) is 3.05. The molecule has 0 heterocycles. The largest absolute Gasteiger partial charge is 2.00 e. The summed E-state index contributed by atoms with van der Waals surface area (Å²) >= 11 is 0. The zero-order chi connectivity index (χ0) is 13.3. The maximum Gasteiger partial charge on any atom is 2.00 e. The van der Waals surface area contributed by atoms with Gasteiger partial charge in [-0.05, 0) is 5.41 Å². The van der Waals surface area contributed by atoms with E-state index in [4.69, 9.17) is 0 Å². The summed E-state index contributed by atoms with van der Waals surface area (Å²) in [6.07, 6.45) is 9.92. The van der Waals surface area contributed by atoms with E-state index in [-0.39, 0.29) is 24.9 Å². The van der Waals surface area contributed by atoms with Crippen molar-refractivity contribution in [2.45, 2.75) is 32.1 Å². The predicted molar refractivity (Wildman–Crippen MR) is 78.0 cm³/mol. The normalized spacial score (nSPS) is 19.9. The third-order valence-electron chi connectivity index (χ3n) is 4.45. The molecule has 105 valence electrons. The fraction of sp³-hybridized carbons (Fsp3) is 0.333. The number of allylic oxidation sites excluding steroid dienone is 4. The molecule has 3 rings (SSSR count). The summed E-state index contributed by atoms with van der Waals surface area (Å²) in [6, 6.07) is 10.3. The summed E-state index contributed by atoms with van der Waals surface area (Å²) in [7, 11) is 0. The van der Waals surface area contributed by atoms with Gasteiger partial charge in [-0.2, -0.15) is 5.57 Å². The number of benzene rings is 1. The van der Waals surface area contributed by atoms with E-state index in [1.807, 2.05) is 18.2 Å². The van der Waals surface area contributed by atoms with Crippen LogP contribution in [0.1, 0.15) is 37.7 Å². The second kappa shape index (κ2) is 6.18. The summed E-state index contributed by atoms with van der Waals surface area (Å²) in [6.45, 7) is 3.97. The Morgan fingerprint density at radius 3 is 2.35 bits per heavy atom. The van der Waals surface area contributed by atoms with Crippen LogP contribution in [0.15, 0.2) is 47.6 Å². The number of carbonyl (C=O) groups excluding carboxylic acids is 1. The molecule has 0 aromatic heterocycles. The first kappa shape index (κ1) is 15.4. The maximum absolute atomic E-state index is 11.4. The molecule has 1 spiro atoms. The van der Waals surface area contributed by atoms with Gasteiger partial charge in [0.05, 0.1) is 6.29 Å². The molecular formula is C18H18ORh. The zero-order valence-corrected chi connectivity index (χ0v) is 13.1. The van der Waals surface area contributed by atoms with Crippen molar-refractivity contribution < 1.29 is 24.3 Å². The molecule has 0 atom stereocenters. The smallest absolute Gasteiger partial charge is 0.376 e. The van der Waals surface area contributed by atoms with Gasteiger partial charge in [-0.15, -0.1) is 17.2 Å². The molecule has 1 saturated carbocycles. The van der Waals surface area contributed by atoms with Gasteiger partial charge in [-0.1, -0.05) is 61.6 Å². The van der Waals surface area contributed by atoms with Gasteiger partial charge in [-0.3, -0.25) is 0 Å². The van der Waals surface area contributed by atoms with Crippen LogP contribution in [-0.2, 0) is 24.3 Å². The molecule has 0 saturated heterocycles. The van der Waals surface area contributed by atoms with Crippen LogP contribution in [0.25, 0.3) is 5.57 Å². The van der Waals surface area contributed by atoms with Crippen LogP contribution in [0.4, 0.5) is 0 Å². The van der Waals surface area contributed by atoms with Gasteiger partial charge >= 0.3 is 19.5 Å². The third kappa shape index (κ3) is 2.35. The van der Waals surface area contributed by atoms with Crippen LogP contribution in [0.5, 0.6) is 0 Å². The molecule has 0 unspecified atom stereocenters. The molecule has 1 nitrogen and oxygen atoms in total. The Balaban J connectivity index is 0.00000147. The first-order chi connectivity index (χ1) is 9.30. The first-order valence-corrected chi connectivity index (χ1v) is 7.00. The van der Waals surface area contributed by atoms with Gasteiger partial charge in [0, 0.05) is 0 Å². The van der Waals surface area contributed by atoms with Gasteiger partial charge in [-0.25, -0.2) is 6.42 Å². The van der Waals surface area contributed by atoms with Crippen LogP contribution >= 0.6 is 0 Å². The van der Waals surface area contributed by atoms with Gasteiger partial charge < -0.3 is 11.7 Å². The first-order valence-electron chi connectivity index (χ1n) is 7.00. The summed E-state index contributed by atoms with van der Waals surface area (Å²) < 4.78 is 0. The van der Waals surface area contributed by atoms with E-state index in [1.54, 1.807) is 0 Å². The van der Waals surface area contributed by atoms with Crippen molar-refractivity contribution in [2.75, 3.05) is 0 Å². The van der Waals surface area contributed by atoms with Crippen LogP contribution in [0.3, 0.4) is 0 Å². The molecule has 0 amide bonds. The Hall–Kier alpha value is -1.01. The SMILES string of the molecule is [CH2-]CC1=CC2(CCCC2)C(c2ccccc2)=C1[C-]=O.[Rh+2]. The predicted octanol–water partition coefficient (Wildman–Crippen LogP) is 4.27. The topological polar surface area (TPSA) is 17.1 Å². The Kier molecular flexibility index (Phi) is 4.75. The second-order valence-electron chi connectivity index (χ2n) is 5.50. The van der Waals surface area contributed by atoms with Crippen molar-refractivity contribution in [3.63, 3.8) is 0 Å². The molecule has 1 fully saturated rings. The maximum atomic E-state index is 11.4. The third-order valence-corrected chi connectivity index (χ3v) is 4.45. The fourth-order valence-corrected chi connectivity index (χ4v) is 3.64. The number of hydrogen-bond acceptors (Lipinski definition) is 1. The van der Waals surface area contributed by atoms with Crippen molar-refractivity contribution in [1.29, 1.82) is 0 Å². The van der Waals surface area contributed by atoms with Gasteiger partial charge in [0.15, 0.2) is 0 Å². The zero-order valence-electron chi connectivity index (χ0n) is 11.4. The molecule has 1 radical (unpaired) electrons. The molecule has 20 heavy (non-hydrogen) atoms. The minimum Gasteiger partial charge on any atom is -0.376 e. The Morgan fingerprint density at radius 2 is 1.80 bits per heavy atom. The van der Waals surface area contributed by atoms with Crippen molar-refractivity contribution in [3.8, 4) is 0 Å².